The molecule has 1 N–H and O–H groups in total. The summed E-state index contributed by atoms with van der Waals surface area (Å²) in [5.41, 5.74) is 1.20. The normalized spacial score (nSPS) is 21.6. The summed E-state index contributed by atoms with van der Waals surface area (Å²) < 4.78 is 0.742. The van der Waals surface area contributed by atoms with Gasteiger partial charge in [0.1, 0.15) is 0 Å². The van der Waals surface area contributed by atoms with Crippen LogP contribution in [0.15, 0.2) is 22.7 Å². The molecule has 1 unspecified atom stereocenters. The lowest BCUT2D eigenvalue weighted by Crippen LogP contribution is -2.43. The van der Waals surface area contributed by atoms with Gasteiger partial charge in [0, 0.05) is 28.7 Å². The molecule has 5 heteroatoms. The van der Waals surface area contributed by atoms with E-state index < -0.39 is 0 Å². The highest BCUT2D eigenvalue weighted by Crippen LogP contribution is 2.35. The Balaban J connectivity index is 2.09. The van der Waals surface area contributed by atoms with Crippen LogP contribution in [0.25, 0.3) is 0 Å². The van der Waals surface area contributed by atoms with E-state index in [1.807, 2.05) is 12.1 Å². The molecule has 0 aliphatic heterocycles. The minimum Gasteiger partial charge on any atom is -0.309 e. The van der Waals surface area contributed by atoms with Crippen LogP contribution in [0.1, 0.15) is 45.1 Å². The zero-order chi connectivity index (χ0) is 14.8. The summed E-state index contributed by atoms with van der Waals surface area (Å²) in [6.45, 7) is 5.11. The van der Waals surface area contributed by atoms with Crippen molar-refractivity contribution < 1.29 is 4.92 Å². The van der Waals surface area contributed by atoms with Gasteiger partial charge < -0.3 is 5.32 Å². The fourth-order valence-corrected chi connectivity index (χ4v) is 3.31. The molecular weight excluding hydrogens is 320 g/mol. The Morgan fingerprint density at radius 3 is 2.85 bits per heavy atom. The minimum absolute atomic E-state index is 0.181. The van der Waals surface area contributed by atoms with E-state index in [0.29, 0.717) is 12.6 Å². The molecule has 1 fully saturated rings. The number of nitro groups is 1. The third-order valence-electron chi connectivity index (χ3n) is 4.29. The van der Waals surface area contributed by atoms with Crippen molar-refractivity contribution in [3.05, 3.63) is 38.3 Å². The Hall–Kier alpha value is -0.940. The average Bonchev–Trinajstić information content (AvgIpc) is 2.38. The van der Waals surface area contributed by atoms with Gasteiger partial charge in [-0.15, -0.1) is 0 Å². The molecule has 110 valence electrons. The molecule has 0 bridgehead atoms. The van der Waals surface area contributed by atoms with Gasteiger partial charge in [0.2, 0.25) is 0 Å². The highest BCUT2D eigenvalue weighted by Gasteiger charge is 2.32. The molecule has 0 aromatic heterocycles. The van der Waals surface area contributed by atoms with E-state index in [4.69, 9.17) is 0 Å². The summed E-state index contributed by atoms with van der Waals surface area (Å²) in [5.74, 6) is 0. The minimum atomic E-state index is -0.312. The lowest BCUT2D eigenvalue weighted by molar-refractivity contribution is -0.385. The molecular formula is C15H21BrN2O2. The maximum absolute atomic E-state index is 11.1. The second kappa shape index (κ2) is 6.22. The lowest BCUT2D eigenvalue weighted by Gasteiger charge is -2.39. The van der Waals surface area contributed by atoms with Crippen LogP contribution in [0.4, 0.5) is 5.69 Å². The van der Waals surface area contributed by atoms with Gasteiger partial charge in [-0.05, 0) is 30.4 Å². The van der Waals surface area contributed by atoms with E-state index in [2.05, 4.69) is 35.1 Å². The van der Waals surface area contributed by atoms with Crippen LogP contribution in [0.3, 0.4) is 0 Å². The number of hydrogen-bond donors (Lipinski definition) is 1. The third kappa shape index (κ3) is 3.58. The second-order valence-corrected chi connectivity index (χ2v) is 7.11. The van der Waals surface area contributed by atoms with E-state index in [9.17, 15) is 10.1 Å². The molecule has 4 nitrogen and oxygen atoms in total. The fraction of sp³-hybridized carbons (Fsp3) is 0.600. The highest BCUT2D eigenvalue weighted by molar-refractivity contribution is 9.10. The monoisotopic (exact) mass is 340 g/mol. The van der Waals surface area contributed by atoms with Crippen molar-refractivity contribution in [2.45, 2.75) is 52.1 Å². The van der Waals surface area contributed by atoms with Crippen LogP contribution >= 0.6 is 15.9 Å². The zero-order valence-electron chi connectivity index (χ0n) is 12.0. The highest BCUT2D eigenvalue weighted by atomic mass is 79.9. The van der Waals surface area contributed by atoms with Gasteiger partial charge in [-0.1, -0.05) is 42.6 Å². The van der Waals surface area contributed by atoms with Crippen molar-refractivity contribution in [1.82, 2.24) is 5.32 Å². The smallest absolute Gasteiger partial charge is 0.275 e. The first-order valence-corrected chi connectivity index (χ1v) is 7.86. The third-order valence-corrected chi connectivity index (χ3v) is 4.78. The summed E-state index contributed by atoms with van der Waals surface area (Å²) in [6, 6.07) is 5.68. The summed E-state index contributed by atoms with van der Waals surface area (Å²) in [4.78, 5) is 10.8. The molecule has 1 aromatic carbocycles. The molecule has 0 spiro atoms. The maximum atomic E-state index is 11.1. The summed E-state index contributed by atoms with van der Waals surface area (Å²) >= 11 is 3.29. The van der Waals surface area contributed by atoms with Crippen LogP contribution in [0, 0.1) is 15.5 Å². The first-order chi connectivity index (χ1) is 9.40. The van der Waals surface area contributed by atoms with Crippen molar-refractivity contribution in [2.75, 3.05) is 0 Å². The largest absolute Gasteiger partial charge is 0.309 e. The number of rotatable bonds is 4. The van der Waals surface area contributed by atoms with Gasteiger partial charge in [-0.3, -0.25) is 10.1 Å². The first kappa shape index (κ1) is 15.4. The fourth-order valence-electron chi connectivity index (χ4n) is 2.96. The van der Waals surface area contributed by atoms with Crippen molar-refractivity contribution in [3.8, 4) is 0 Å². The van der Waals surface area contributed by atoms with E-state index in [1.54, 1.807) is 6.07 Å². The molecule has 1 saturated carbocycles. The Kier molecular flexibility index (Phi) is 4.81. The topological polar surface area (TPSA) is 55.2 Å². The van der Waals surface area contributed by atoms with E-state index in [1.165, 1.54) is 19.3 Å². The number of nitrogens with one attached hydrogen (secondary N) is 1. The van der Waals surface area contributed by atoms with E-state index in [-0.39, 0.29) is 16.0 Å². The Labute approximate surface area is 128 Å². The van der Waals surface area contributed by atoms with Gasteiger partial charge in [-0.2, -0.15) is 0 Å². The Morgan fingerprint density at radius 1 is 1.45 bits per heavy atom. The molecule has 1 aliphatic rings. The van der Waals surface area contributed by atoms with E-state index in [0.717, 1.165) is 16.5 Å². The van der Waals surface area contributed by atoms with Crippen LogP contribution in [-0.4, -0.2) is 11.0 Å². The van der Waals surface area contributed by atoms with Gasteiger partial charge in [0.05, 0.1) is 4.92 Å². The molecule has 0 saturated heterocycles. The number of hydrogen-bond acceptors (Lipinski definition) is 3. The van der Waals surface area contributed by atoms with Crippen LogP contribution in [0.5, 0.6) is 0 Å². The van der Waals surface area contributed by atoms with Crippen molar-refractivity contribution >= 4 is 21.6 Å². The Bertz CT molecular complexity index is 503. The van der Waals surface area contributed by atoms with Gasteiger partial charge in [0.15, 0.2) is 0 Å². The van der Waals surface area contributed by atoms with Crippen LogP contribution in [0.2, 0.25) is 0 Å². The molecule has 0 radical (unpaired) electrons. The predicted molar refractivity (Wildman–Crippen MR) is 83.7 cm³/mol. The molecule has 1 aromatic rings. The number of nitrogens with zero attached hydrogens (tertiary/aromatic N) is 1. The molecule has 20 heavy (non-hydrogen) atoms. The van der Waals surface area contributed by atoms with Crippen molar-refractivity contribution in [1.29, 1.82) is 0 Å². The number of nitro benzene ring substituents is 1. The second-order valence-electron chi connectivity index (χ2n) is 6.20. The standard InChI is InChI=1S/C15H21BrN2O2/c1-15(2)8-4-3-5-14(15)17-10-11-6-7-12(16)9-13(11)18(19)20/h6-7,9,14,17H,3-5,8,10H2,1-2H3. The predicted octanol–water partition coefficient (Wildman–Crippen LogP) is 4.42. The average molecular weight is 341 g/mol. The van der Waals surface area contributed by atoms with Gasteiger partial charge in [0.25, 0.3) is 5.69 Å². The van der Waals surface area contributed by atoms with Gasteiger partial charge >= 0.3 is 0 Å². The van der Waals surface area contributed by atoms with E-state index >= 15 is 0 Å². The molecule has 1 atom stereocenters. The van der Waals surface area contributed by atoms with Crippen LogP contribution in [-0.2, 0) is 6.54 Å². The SMILES string of the molecule is CC1(C)CCCCC1NCc1ccc(Br)cc1[N+](=O)[O-]. The Morgan fingerprint density at radius 2 is 2.20 bits per heavy atom. The van der Waals surface area contributed by atoms with Crippen molar-refractivity contribution in [3.63, 3.8) is 0 Å². The molecule has 1 aliphatic carbocycles. The molecule has 0 amide bonds. The molecule has 0 heterocycles. The van der Waals surface area contributed by atoms with Gasteiger partial charge in [-0.25, -0.2) is 0 Å². The lowest BCUT2D eigenvalue weighted by atomic mass is 9.73. The summed E-state index contributed by atoms with van der Waals surface area (Å²) in [5, 5.41) is 14.6. The molecule has 2 rings (SSSR count). The maximum Gasteiger partial charge on any atom is 0.275 e. The summed E-state index contributed by atoms with van der Waals surface area (Å²) in [6.07, 6.45) is 4.89. The number of halogens is 1. The summed E-state index contributed by atoms with van der Waals surface area (Å²) in [7, 11) is 0. The zero-order valence-corrected chi connectivity index (χ0v) is 13.6. The van der Waals surface area contributed by atoms with Crippen LogP contribution < -0.4 is 5.32 Å². The van der Waals surface area contributed by atoms with Crippen molar-refractivity contribution in [2.24, 2.45) is 5.41 Å². The quantitative estimate of drug-likeness (QED) is 0.652. The first-order valence-electron chi connectivity index (χ1n) is 7.06. The number of benzene rings is 1.